The quantitative estimate of drug-likeness (QED) is 0.106. The number of carbonyl (C=O) groups excluding carboxylic acids is 4. The molecule has 3 aromatic carbocycles. The van der Waals surface area contributed by atoms with Gasteiger partial charge < -0.3 is 20.1 Å². The predicted molar refractivity (Wildman–Crippen MR) is 207 cm³/mol. The number of hydrogen-bond donors (Lipinski definition) is 4. The molecule has 4 amide bonds. The highest BCUT2D eigenvalue weighted by molar-refractivity contribution is 9.10. The molecule has 59 heavy (non-hydrogen) atoms. The van der Waals surface area contributed by atoms with Crippen molar-refractivity contribution in [3.05, 3.63) is 115 Å². The molecule has 2 aliphatic heterocycles. The Labute approximate surface area is 350 Å². The van der Waals surface area contributed by atoms with Crippen LogP contribution in [0, 0.1) is 23.7 Å². The van der Waals surface area contributed by atoms with Crippen molar-refractivity contribution in [2.75, 3.05) is 17.4 Å². The summed E-state index contributed by atoms with van der Waals surface area (Å²) in [4.78, 5) is 75.2. The molecule has 4 aromatic rings. The normalized spacial score (nSPS) is 25.1. The molecule has 0 spiro atoms. The van der Waals surface area contributed by atoms with Crippen molar-refractivity contribution in [2.45, 2.75) is 30.4 Å². The SMILES string of the molecule is COc1cc(C2C3=CCC4C(=O)N(c5ccc(C(=O)O)c(O)c5)C(=O)C4C3CC3C(=O)N(Nc4ncc(C(F)(F)F)cc4Cl)C(=O)C32c2ccc(Cl)cc2)cc(Br)c1O. The molecule has 2 aliphatic carbocycles. The van der Waals surface area contributed by atoms with Gasteiger partial charge in [0.1, 0.15) is 11.3 Å². The summed E-state index contributed by atoms with van der Waals surface area (Å²) < 4.78 is 46.2. The molecule has 304 valence electrons. The van der Waals surface area contributed by atoms with E-state index in [0.717, 1.165) is 17.0 Å². The van der Waals surface area contributed by atoms with E-state index in [0.29, 0.717) is 39.0 Å². The number of hydrazine groups is 1. The number of imide groups is 2. The largest absolute Gasteiger partial charge is 0.507 e. The molecule has 4 aliphatic rings. The molecule has 1 saturated carbocycles. The van der Waals surface area contributed by atoms with Crippen LogP contribution >= 0.6 is 39.1 Å². The number of carbonyl (C=O) groups is 5. The van der Waals surface area contributed by atoms with Crippen LogP contribution in [0.15, 0.2) is 83.0 Å². The van der Waals surface area contributed by atoms with Crippen molar-refractivity contribution in [1.29, 1.82) is 0 Å². The molecular formula is C40H28BrCl2F3N4O9. The van der Waals surface area contributed by atoms with Gasteiger partial charge in [0.05, 0.1) is 51.0 Å². The van der Waals surface area contributed by atoms with E-state index in [2.05, 4.69) is 26.3 Å². The van der Waals surface area contributed by atoms with Gasteiger partial charge in [-0.25, -0.2) is 14.7 Å². The molecule has 1 aromatic heterocycles. The molecule has 3 fully saturated rings. The van der Waals surface area contributed by atoms with Gasteiger partial charge in [-0.3, -0.25) is 24.6 Å². The van der Waals surface area contributed by atoms with E-state index in [9.17, 15) is 47.7 Å². The number of phenols is 2. The number of nitrogens with zero attached hydrogens (tertiary/aromatic N) is 3. The Morgan fingerprint density at radius 2 is 1.69 bits per heavy atom. The first-order chi connectivity index (χ1) is 27.9. The maximum absolute atomic E-state index is 15.4. The Bertz CT molecular complexity index is 2560. The third-order valence-corrected chi connectivity index (χ3v) is 12.8. The summed E-state index contributed by atoms with van der Waals surface area (Å²) in [6, 6.07) is 13.1. The lowest BCUT2D eigenvalue weighted by Gasteiger charge is -2.50. The second-order valence-electron chi connectivity index (χ2n) is 14.5. The van der Waals surface area contributed by atoms with Crippen molar-refractivity contribution in [3.8, 4) is 17.2 Å². The fraction of sp³-hybridized carbons (Fsp3) is 0.250. The minimum Gasteiger partial charge on any atom is -0.507 e. The molecule has 0 radical (unpaired) electrons. The predicted octanol–water partition coefficient (Wildman–Crippen LogP) is 7.48. The standard InChI is InChI=1S/C40H28BrCl2F3N4O9/c1-59-29-11-16(10-26(41)32(29)52)31-21-8-9-23-30(36(55)49(34(23)53)20-6-7-22(37(56)57)28(51)13-20)24(21)14-25-35(54)50(38(58)39(25,31)17-2-4-19(42)5-3-17)48-33-27(43)12-18(15-47-33)40(44,45)46/h2-8,10-13,15,23-25,30-31,51-52H,9,14H2,1H3,(H,47,48)(H,56,57). The van der Waals surface area contributed by atoms with Crippen LogP contribution in [0.4, 0.5) is 24.7 Å². The number of phenolic OH excluding ortho intramolecular Hbond substituents is 1. The number of allylic oxidation sites excluding steroid dienone is 2. The Kier molecular flexibility index (Phi) is 9.71. The molecule has 4 N–H and O–H groups in total. The smallest absolute Gasteiger partial charge is 0.417 e. The number of methoxy groups -OCH3 is 1. The number of fused-ring (bicyclic) bond motifs is 4. The Balaban J connectivity index is 1.32. The van der Waals surface area contributed by atoms with E-state index in [4.69, 9.17) is 27.9 Å². The lowest BCUT2D eigenvalue weighted by Crippen LogP contribution is -2.53. The highest BCUT2D eigenvalue weighted by atomic mass is 79.9. The zero-order valence-electron chi connectivity index (χ0n) is 30.1. The number of hydrogen-bond acceptors (Lipinski definition) is 10. The van der Waals surface area contributed by atoms with E-state index in [1.54, 1.807) is 18.2 Å². The summed E-state index contributed by atoms with van der Waals surface area (Å²) in [7, 11) is 1.31. The number of aromatic nitrogens is 1. The molecule has 6 unspecified atom stereocenters. The minimum absolute atomic E-state index is 0.000199. The zero-order valence-corrected chi connectivity index (χ0v) is 33.2. The molecule has 8 rings (SSSR count). The lowest BCUT2D eigenvalue weighted by molar-refractivity contribution is -0.139. The van der Waals surface area contributed by atoms with Crippen LogP contribution in [0.25, 0.3) is 0 Å². The number of anilines is 2. The second-order valence-corrected chi connectivity index (χ2v) is 16.2. The van der Waals surface area contributed by atoms with Crippen molar-refractivity contribution in [2.24, 2.45) is 23.7 Å². The maximum Gasteiger partial charge on any atom is 0.417 e. The monoisotopic (exact) mass is 914 g/mol. The number of benzene rings is 3. The van der Waals surface area contributed by atoms with Gasteiger partial charge in [0.25, 0.3) is 11.8 Å². The average molecular weight is 916 g/mol. The highest BCUT2D eigenvalue weighted by Gasteiger charge is 2.70. The van der Waals surface area contributed by atoms with Gasteiger partial charge in [-0.2, -0.15) is 18.2 Å². The van der Waals surface area contributed by atoms with Crippen molar-refractivity contribution in [1.82, 2.24) is 9.99 Å². The number of nitrogens with one attached hydrogen (secondary N) is 1. The number of carboxylic acid groups (broad SMARTS) is 1. The number of aromatic hydroxyl groups is 2. The summed E-state index contributed by atoms with van der Waals surface area (Å²) in [5.41, 5.74) is 0.150. The van der Waals surface area contributed by atoms with Gasteiger partial charge in [-0.05, 0) is 88.3 Å². The molecular weight excluding hydrogens is 888 g/mol. The van der Waals surface area contributed by atoms with Gasteiger partial charge in [-0.1, -0.05) is 47.0 Å². The molecule has 3 heterocycles. The van der Waals surface area contributed by atoms with E-state index in [-0.39, 0.29) is 34.5 Å². The molecule has 6 atom stereocenters. The summed E-state index contributed by atoms with van der Waals surface area (Å²) in [6.45, 7) is 0. The van der Waals surface area contributed by atoms with Crippen molar-refractivity contribution in [3.63, 3.8) is 0 Å². The Morgan fingerprint density at radius 3 is 2.32 bits per heavy atom. The summed E-state index contributed by atoms with van der Waals surface area (Å²) in [6.07, 6.45) is -2.74. The highest BCUT2D eigenvalue weighted by Crippen LogP contribution is 2.65. The molecule has 0 bridgehead atoms. The van der Waals surface area contributed by atoms with Crippen LogP contribution in [0.5, 0.6) is 17.2 Å². The number of aromatic carboxylic acids is 1. The van der Waals surface area contributed by atoms with Crippen LogP contribution in [0.3, 0.4) is 0 Å². The van der Waals surface area contributed by atoms with Gasteiger partial charge in [0.15, 0.2) is 17.3 Å². The number of ether oxygens (including phenoxy) is 1. The van der Waals surface area contributed by atoms with E-state index in [1.165, 1.54) is 37.4 Å². The fourth-order valence-corrected chi connectivity index (χ4v) is 9.96. The lowest BCUT2D eigenvalue weighted by atomic mass is 9.49. The number of rotatable bonds is 7. The first kappa shape index (κ1) is 40.1. The number of pyridine rings is 1. The van der Waals surface area contributed by atoms with E-state index in [1.807, 2.05) is 0 Å². The van der Waals surface area contributed by atoms with Crippen LogP contribution in [0.2, 0.25) is 10.0 Å². The molecule has 2 saturated heterocycles. The summed E-state index contributed by atoms with van der Waals surface area (Å²) in [5.74, 6) is -11.2. The second kappa shape index (κ2) is 14.3. The van der Waals surface area contributed by atoms with Crippen molar-refractivity contribution >= 4 is 80.2 Å². The van der Waals surface area contributed by atoms with Crippen LogP contribution in [-0.2, 0) is 30.8 Å². The number of alkyl halides is 3. The number of halogens is 6. The van der Waals surface area contributed by atoms with Gasteiger partial charge in [-0.15, -0.1) is 0 Å². The molecule has 13 nitrogen and oxygen atoms in total. The maximum atomic E-state index is 15.4. The minimum atomic E-state index is -4.80. The van der Waals surface area contributed by atoms with E-state index < -0.39 is 98.5 Å². The number of amides is 4. The van der Waals surface area contributed by atoms with Gasteiger partial charge in [0.2, 0.25) is 11.8 Å². The molecule has 19 heteroatoms. The van der Waals surface area contributed by atoms with Crippen LogP contribution in [0.1, 0.15) is 45.8 Å². The zero-order chi connectivity index (χ0) is 42.5. The average Bonchev–Trinajstić information content (AvgIpc) is 3.56. The van der Waals surface area contributed by atoms with Crippen molar-refractivity contribution < 1.29 is 57.2 Å². The summed E-state index contributed by atoms with van der Waals surface area (Å²) >= 11 is 15.9. The van der Waals surface area contributed by atoms with Gasteiger partial charge in [0, 0.05) is 23.2 Å². The van der Waals surface area contributed by atoms with Gasteiger partial charge >= 0.3 is 12.1 Å². The third-order valence-electron chi connectivity index (χ3n) is 11.6. The first-order valence-corrected chi connectivity index (χ1v) is 19.3. The van der Waals surface area contributed by atoms with Crippen LogP contribution in [-0.4, -0.2) is 62.0 Å². The van der Waals surface area contributed by atoms with Crippen LogP contribution < -0.4 is 15.1 Å². The number of carboxylic acids is 1. The third kappa shape index (κ3) is 6.11. The Hall–Kier alpha value is -5.65. The fourth-order valence-electron chi connectivity index (χ4n) is 9.17. The first-order valence-electron chi connectivity index (χ1n) is 17.7. The van der Waals surface area contributed by atoms with E-state index >= 15 is 4.79 Å². The summed E-state index contributed by atoms with van der Waals surface area (Å²) in [5, 5.41) is 31.2. The topological polar surface area (TPSA) is 187 Å². The Morgan fingerprint density at radius 1 is 0.983 bits per heavy atom.